The van der Waals surface area contributed by atoms with Crippen LogP contribution in [0.5, 0.6) is 5.75 Å². The maximum absolute atomic E-state index is 13.0. The monoisotopic (exact) mass is 433 g/mol. The largest absolute Gasteiger partial charge is 0.495 e. The van der Waals surface area contributed by atoms with Crippen molar-refractivity contribution in [2.45, 2.75) is 12.5 Å². The van der Waals surface area contributed by atoms with Crippen molar-refractivity contribution in [2.24, 2.45) is 0 Å². The van der Waals surface area contributed by atoms with Crippen molar-refractivity contribution < 1.29 is 14.3 Å². The lowest BCUT2D eigenvalue weighted by Gasteiger charge is -2.38. The Bertz CT molecular complexity index is 924. The molecule has 29 heavy (non-hydrogen) atoms. The standard InChI is InChI=1S/C21H21Cl2N3O3/c1-29-19-5-3-2-4-17(19)24-6-8-25(9-7-24)18-13-20(27)26(21(18)28)16-11-14(22)10-15(23)12-16/h2-5,10-12,18H,6-9,13H2,1H3/t18-/m1/s1. The summed E-state index contributed by atoms with van der Waals surface area (Å²) in [7, 11) is 1.66. The minimum absolute atomic E-state index is 0.164. The van der Waals surface area contributed by atoms with E-state index in [1.165, 1.54) is 4.90 Å². The van der Waals surface area contributed by atoms with Gasteiger partial charge in [0.05, 0.1) is 30.9 Å². The van der Waals surface area contributed by atoms with E-state index in [1.807, 2.05) is 24.3 Å². The molecule has 0 bridgehead atoms. The van der Waals surface area contributed by atoms with Crippen LogP contribution in [0.15, 0.2) is 42.5 Å². The number of para-hydroxylation sites is 2. The highest BCUT2D eigenvalue weighted by atomic mass is 35.5. The van der Waals surface area contributed by atoms with Gasteiger partial charge in [0.1, 0.15) is 5.75 Å². The molecule has 2 amide bonds. The summed E-state index contributed by atoms with van der Waals surface area (Å²) >= 11 is 12.1. The molecule has 2 aliphatic rings. The summed E-state index contributed by atoms with van der Waals surface area (Å²) in [6.07, 6.45) is 0.164. The molecule has 0 N–H and O–H groups in total. The average molecular weight is 434 g/mol. The molecule has 6 nitrogen and oxygen atoms in total. The minimum atomic E-state index is -0.458. The summed E-state index contributed by atoms with van der Waals surface area (Å²) in [5, 5.41) is 0.781. The lowest BCUT2D eigenvalue weighted by Crippen LogP contribution is -2.52. The van der Waals surface area contributed by atoms with E-state index in [9.17, 15) is 9.59 Å². The molecule has 2 aromatic carbocycles. The van der Waals surface area contributed by atoms with Crippen LogP contribution in [-0.4, -0.2) is 56.0 Å². The zero-order valence-electron chi connectivity index (χ0n) is 16.0. The summed E-state index contributed by atoms with van der Waals surface area (Å²) in [6.45, 7) is 2.88. The molecule has 0 aromatic heterocycles. The van der Waals surface area contributed by atoms with Crippen molar-refractivity contribution in [3.63, 3.8) is 0 Å². The van der Waals surface area contributed by atoms with Crippen molar-refractivity contribution in [3.05, 3.63) is 52.5 Å². The normalized spacial score (nSPS) is 20.4. The van der Waals surface area contributed by atoms with Crippen LogP contribution in [0.2, 0.25) is 10.0 Å². The van der Waals surface area contributed by atoms with Gasteiger partial charge in [-0.15, -0.1) is 0 Å². The maximum atomic E-state index is 13.0. The quantitative estimate of drug-likeness (QED) is 0.691. The van der Waals surface area contributed by atoms with E-state index < -0.39 is 6.04 Å². The topological polar surface area (TPSA) is 53.1 Å². The lowest BCUT2D eigenvalue weighted by molar-refractivity contribution is -0.123. The van der Waals surface area contributed by atoms with Gasteiger partial charge in [-0.05, 0) is 30.3 Å². The summed E-state index contributed by atoms with van der Waals surface area (Å²) in [5.41, 5.74) is 1.46. The number of anilines is 2. The van der Waals surface area contributed by atoms with Crippen molar-refractivity contribution in [3.8, 4) is 5.75 Å². The molecule has 2 saturated heterocycles. The summed E-state index contributed by atoms with van der Waals surface area (Å²) in [6, 6.07) is 12.2. The summed E-state index contributed by atoms with van der Waals surface area (Å²) < 4.78 is 5.46. The Morgan fingerprint density at radius 3 is 2.28 bits per heavy atom. The molecule has 2 aromatic rings. The molecule has 2 heterocycles. The number of nitrogens with zero attached hydrogens (tertiary/aromatic N) is 3. The molecule has 0 aliphatic carbocycles. The Kier molecular flexibility index (Phi) is 5.67. The first-order valence-electron chi connectivity index (χ1n) is 9.43. The molecule has 152 valence electrons. The van der Waals surface area contributed by atoms with Crippen molar-refractivity contribution in [1.29, 1.82) is 0 Å². The predicted octanol–water partition coefficient (Wildman–Crippen LogP) is 3.46. The van der Waals surface area contributed by atoms with Crippen LogP contribution in [0.4, 0.5) is 11.4 Å². The number of amides is 2. The number of hydrogen-bond acceptors (Lipinski definition) is 5. The molecule has 0 radical (unpaired) electrons. The summed E-state index contributed by atoms with van der Waals surface area (Å²) in [5.74, 6) is 0.377. The fraction of sp³-hybridized carbons (Fsp3) is 0.333. The third kappa shape index (κ3) is 3.92. The van der Waals surface area contributed by atoms with Gasteiger partial charge in [0.25, 0.3) is 5.91 Å². The number of hydrogen-bond donors (Lipinski definition) is 0. The Labute approximate surface area is 179 Å². The van der Waals surface area contributed by atoms with Crippen LogP contribution in [0.1, 0.15) is 6.42 Å². The lowest BCUT2D eigenvalue weighted by atomic mass is 10.1. The third-order valence-corrected chi connectivity index (χ3v) is 5.85. The smallest absolute Gasteiger partial charge is 0.251 e. The van der Waals surface area contributed by atoms with Crippen molar-refractivity contribution in [2.75, 3.05) is 43.1 Å². The minimum Gasteiger partial charge on any atom is -0.495 e. The molecular formula is C21H21Cl2N3O3. The van der Waals surface area contributed by atoms with Crippen LogP contribution >= 0.6 is 23.2 Å². The van der Waals surface area contributed by atoms with Gasteiger partial charge in [-0.25, -0.2) is 4.90 Å². The Balaban J connectivity index is 1.47. The van der Waals surface area contributed by atoms with Crippen LogP contribution in [0, 0.1) is 0 Å². The Morgan fingerprint density at radius 1 is 0.966 bits per heavy atom. The predicted molar refractivity (Wildman–Crippen MR) is 114 cm³/mol. The fourth-order valence-corrected chi connectivity index (χ4v) is 4.52. The first-order chi connectivity index (χ1) is 14.0. The molecule has 4 rings (SSSR count). The van der Waals surface area contributed by atoms with Gasteiger partial charge in [0.15, 0.2) is 0 Å². The van der Waals surface area contributed by atoms with Crippen LogP contribution < -0.4 is 14.5 Å². The highest BCUT2D eigenvalue weighted by Gasteiger charge is 2.43. The van der Waals surface area contributed by atoms with Crippen LogP contribution in [-0.2, 0) is 9.59 Å². The van der Waals surface area contributed by atoms with E-state index in [4.69, 9.17) is 27.9 Å². The first kappa shape index (κ1) is 20.0. The summed E-state index contributed by atoms with van der Waals surface area (Å²) in [4.78, 5) is 31.2. The fourth-order valence-electron chi connectivity index (χ4n) is 4.01. The molecule has 0 spiro atoms. The number of methoxy groups -OCH3 is 1. The highest BCUT2D eigenvalue weighted by Crippen LogP contribution is 2.32. The van der Waals surface area contributed by atoms with E-state index in [0.717, 1.165) is 24.5 Å². The molecule has 2 aliphatic heterocycles. The molecule has 2 fully saturated rings. The zero-order chi connectivity index (χ0) is 20.5. The molecule has 0 unspecified atom stereocenters. The van der Waals surface area contributed by atoms with E-state index in [0.29, 0.717) is 28.8 Å². The second-order valence-electron chi connectivity index (χ2n) is 7.11. The number of imide groups is 1. The number of rotatable bonds is 4. The van der Waals surface area contributed by atoms with Crippen molar-refractivity contribution in [1.82, 2.24) is 4.90 Å². The molecule has 1 atom stereocenters. The Morgan fingerprint density at radius 2 is 1.62 bits per heavy atom. The number of carbonyl (C=O) groups excluding carboxylic acids is 2. The van der Waals surface area contributed by atoms with Gasteiger partial charge in [0, 0.05) is 36.2 Å². The molecule has 8 heteroatoms. The number of halogens is 2. The molecule has 0 saturated carbocycles. The second kappa shape index (κ2) is 8.22. The average Bonchev–Trinajstić information content (AvgIpc) is 3.01. The number of piperazine rings is 1. The van der Waals surface area contributed by atoms with E-state index in [2.05, 4.69) is 9.80 Å². The van der Waals surface area contributed by atoms with Crippen LogP contribution in [0.3, 0.4) is 0 Å². The first-order valence-corrected chi connectivity index (χ1v) is 10.2. The van der Waals surface area contributed by atoms with Gasteiger partial charge in [-0.1, -0.05) is 35.3 Å². The second-order valence-corrected chi connectivity index (χ2v) is 7.98. The molecular weight excluding hydrogens is 413 g/mol. The number of benzene rings is 2. The highest BCUT2D eigenvalue weighted by molar-refractivity contribution is 6.35. The van der Waals surface area contributed by atoms with Crippen LogP contribution in [0.25, 0.3) is 0 Å². The third-order valence-electron chi connectivity index (χ3n) is 5.41. The van der Waals surface area contributed by atoms with Gasteiger partial charge in [0.2, 0.25) is 5.91 Å². The van der Waals surface area contributed by atoms with Crippen molar-refractivity contribution >= 4 is 46.4 Å². The van der Waals surface area contributed by atoms with Gasteiger partial charge < -0.3 is 9.64 Å². The zero-order valence-corrected chi connectivity index (χ0v) is 17.5. The SMILES string of the molecule is COc1ccccc1N1CCN([C@@H]2CC(=O)N(c3cc(Cl)cc(Cl)c3)C2=O)CC1. The Hall–Kier alpha value is -2.28. The number of ether oxygens (including phenoxy) is 1. The van der Waals surface area contributed by atoms with E-state index in [-0.39, 0.29) is 18.2 Å². The van der Waals surface area contributed by atoms with Gasteiger partial charge in [-0.2, -0.15) is 0 Å². The van der Waals surface area contributed by atoms with Gasteiger partial charge >= 0.3 is 0 Å². The van der Waals surface area contributed by atoms with Gasteiger partial charge in [-0.3, -0.25) is 14.5 Å². The van der Waals surface area contributed by atoms with E-state index in [1.54, 1.807) is 25.3 Å². The maximum Gasteiger partial charge on any atom is 0.251 e. The van der Waals surface area contributed by atoms with E-state index >= 15 is 0 Å². The number of carbonyl (C=O) groups is 2.